The molecule has 1 N–H and O–H groups in total. The van der Waals surface area contributed by atoms with Crippen LogP contribution in [0.2, 0.25) is 0 Å². The molecule has 0 rings (SSSR count). The van der Waals surface area contributed by atoms with Gasteiger partial charge in [0, 0.05) is 19.3 Å². The van der Waals surface area contributed by atoms with Gasteiger partial charge in [-0.25, -0.2) is 0 Å². The zero-order valence-corrected chi connectivity index (χ0v) is 9.01. The summed E-state index contributed by atoms with van der Waals surface area (Å²) >= 11 is 0. The predicted molar refractivity (Wildman–Crippen MR) is 58.0 cm³/mol. The first kappa shape index (κ1) is 12.7. The van der Waals surface area contributed by atoms with E-state index in [-0.39, 0.29) is 0 Å². The monoisotopic (exact) mass is 185 g/mol. The van der Waals surface area contributed by atoms with Gasteiger partial charge in [-0.3, -0.25) is 0 Å². The first-order valence-electron chi connectivity index (χ1n) is 5.25. The van der Waals surface area contributed by atoms with Crippen LogP contribution in [0.5, 0.6) is 0 Å². The molecule has 0 spiro atoms. The zero-order chi connectivity index (χ0) is 9.94. The van der Waals surface area contributed by atoms with Gasteiger partial charge in [0.05, 0.1) is 0 Å². The highest BCUT2D eigenvalue weighted by molar-refractivity contribution is 4.80. The van der Waals surface area contributed by atoms with Gasteiger partial charge in [0.1, 0.15) is 0 Å². The van der Waals surface area contributed by atoms with Crippen molar-refractivity contribution in [3.63, 3.8) is 0 Å². The molecule has 0 aromatic rings. The van der Waals surface area contributed by atoms with Crippen LogP contribution in [0.3, 0.4) is 0 Å². The molecule has 0 radical (unpaired) electrons. The maximum atomic E-state index is 5.42. The van der Waals surface area contributed by atoms with Gasteiger partial charge in [-0.1, -0.05) is 19.4 Å². The topological polar surface area (TPSA) is 21.3 Å². The zero-order valence-electron chi connectivity index (χ0n) is 9.01. The molecule has 0 bridgehead atoms. The van der Waals surface area contributed by atoms with Crippen molar-refractivity contribution in [3.05, 3.63) is 12.7 Å². The van der Waals surface area contributed by atoms with Crippen LogP contribution in [0.25, 0.3) is 0 Å². The summed E-state index contributed by atoms with van der Waals surface area (Å²) in [6, 6.07) is 0.413. The van der Waals surface area contributed by atoms with E-state index in [1.165, 1.54) is 12.8 Å². The Morgan fingerprint density at radius 1 is 1.38 bits per heavy atom. The molecule has 0 aliphatic rings. The van der Waals surface area contributed by atoms with Crippen LogP contribution >= 0.6 is 0 Å². The second kappa shape index (κ2) is 9.75. The fourth-order valence-corrected chi connectivity index (χ4v) is 0.936. The lowest BCUT2D eigenvalue weighted by molar-refractivity contribution is 0.128. The summed E-state index contributed by atoms with van der Waals surface area (Å²) in [5.74, 6) is 0. The molecule has 0 heterocycles. The van der Waals surface area contributed by atoms with Crippen LogP contribution in [-0.4, -0.2) is 25.8 Å². The Morgan fingerprint density at radius 2 is 2.08 bits per heavy atom. The highest BCUT2D eigenvalue weighted by Crippen LogP contribution is 1.89. The first-order valence-corrected chi connectivity index (χ1v) is 5.25. The van der Waals surface area contributed by atoms with E-state index >= 15 is 0 Å². The first-order chi connectivity index (χ1) is 6.31. The van der Waals surface area contributed by atoms with Crippen molar-refractivity contribution >= 4 is 0 Å². The lowest BCUT2D eigenvalue weighted by Gasteiger charge is -2.08. The second-order valence-corrected chi connectivity index (χ2v) is 3.30. The van der Waals surface area contributed by atoms with Gasteiger partial charge in [-0.15, -0.1) is 6.58 Å². The third-order valence-electron chi connectivity index (χ3n) is 1.93. The van der Waals surface area contributed by atoms with Gasteiger partial charge >= 0.3 is 0 Å². The van der Waals surface area contributed by atoms with Crippen molar-refractivity contribution in [2.75, 3.05) is 19.8 Å². The van der Waals surface area contributed by atoms with Gasteiger partial charge in [0.25, 0.3) is 0 Å². The standard InChI is InChI=1S/C11H23NO/c1-4-6-9-13-10-7-8-12-11(3)5-2/h5,11-12H,2,4,6-10H2,1,3H3. The van der Waals surface area contributed by atoms with Crippen LogP contribution in [0.15, 0.2) is 12.7 Å². The summed E-state index contributed by atoms with van der Waals surface area (Å²) in [6.45, 7) is 10.8. The van der Waals surface area contributed by atoms with Crippen LogP contribution in [-0.2, 0) is 4.74 Å². The van der Waals surface area contributed by atoms with Gasteiger partial charge in [-0.05, 0) is 26.3 Å². The van der Waals surface area contributed by atoms with Gasteiger partial charge < -0.3 is 10.1 Å². The average molecular weight is 185 g/mol. The molecule has 0 fully saturated rings. The van der Waals surface area contributed by atoms with E-state index in [0.717, 1.165) is 26.2 Å². The fraction of sp³-hybridized carbons (Fsp3) is 0.818. The number of rotatable bonds is 9. The quantitative estimate of drug-likeness (QED) is 0.440. The van der Waals surface area contributed by atoms with Crippen molar-refractivity contribution in [2.24, 2.45) is 0 Å². The molecule has 78 valence electrons. The Labute approximate surface area is 82.4 Å². The highest BCUT2D eigenvalue weighted by atomic mass is 16.5. The fourth-order valence-electron chi connectivity index (χ4n) is 0.936. The van der Waals surface area contributed by atoms with Crippen LogP contribution < -0.4 is 5.32 Å². The molecule has 0 aromatic carbocycles. The van der Waals surface area contributed by atoms with Gasteiger partial charge in [-0.2, -0.15) is 0 Å². The Balaban J connectivity index is 2.95. The summed E-state index contributed by atoms with van der Waals surface area (Å²) < 4.78 is 5.42. The molecule has 0 aliphatic heterocycles. The normalized spacial score (nSPS) is 12.8. The van der Waals surface area contributed by atoms with Crippen molar-refractivity contribution in [3.8, 4) is 0 Å². The number of unbranched alkanes of at least 4 members (excludes halogenated alkanes) is 1. The van der Waals surface area contributed by atoms with E-state index in [1.54, 1.807) is 0 Å². The summed E-state index contributed by atoms with van der Waals surface area (Å²) in [7, 11) is 0. The summed E-state index contributed by atoms with van der Waals surface area (Å²) in [4.78, 5) is 0. The SMILES string of the molecule is C=CC(C)NCCCOCCCC. The lowest BCUT2D eigenvalue weighted by atomic mass is 10.3. The van der Waals surface area contributed by atoms with E-state index in [9.17, 15) is 0 Å². The van der Waals surface area contributed by atoms with Crippen LogP contribution in [0, 0.1) is 0 Å². The molecular formula is C11H23NO. The molecule has 0 amide bonds. The number of ether oxygens (including phenoxy) is 1. The molecule has 0 saturated heterocycles. The van der Waals surface area contributed by atoms with E-state index in [4.69, 9.17) is 4.74 Å². The predicted octanol–water partition coefficient (Wildman–Crippen LogP) is 2.36. The molecule has 0 saturated carbocycles. The molecule has 13 heavy (non-hydrogen) atoms. The van der Waals surface area contributed by atoms with E-state index in [1.807, 2.05) is 6.08 Å². The Bertz CT molecular complexity index is 115. The number of hydrogen-bond donors (Lipinski definition) is 1. The second-order valence-electron chi connectivity index (χ2n) is 3.30. The lowest BCUT2D eigenvalue weighted by Crippen LogP contribution is -2.25. The van der Waals surface area contributed by atoms with Crippen molar-refractivity contribution in [1.29, 1.82) is 0 Å². The molecule has 1 atom stereocenters. The summed E-state index contributed by atoms with van der Waals surface area (Å²) in [5.41, 5.74) is 0. The Morgan fingerprint density at radius 3 is 2.69 bits per heavy atom. The molecular weight excluding hydrogens is 162 g/mol. The molecule has 0 aromatic heterocycles. The van der Waals surface area contributed by atoms with Crippen molar-refractivity contribution in [2.45, 2.75) is 39.2 Å². The molecule has 1 unspecified atom stereocenters. The molecule has 0 aliphatic carbocycles. The summed E-state index contributed by atoms with van der Waals surface area (Å²) in [5, 5.41) is 3.33. The van der Waals surface area contributed by atoms with E-state index in [0.29, 0.717) is 6.04 Å². The third-order valence-corrected chi connectivity index (χ3v) is 1.93. The minimum Gasteiger partial charge on any atom is -0.381 e. The van der Waals surface area contributed by atoms with E-state index in [2.05, 4.69) is 25.7 Å². The van der Waals surface area contributed by atoms with Crippen LogP contribution in [0.4, 0.5) is 0 Å². The number of hydrogen-bond acceptors (Lipinski definition) is 2. The van der Waals surface area contributed by atoms with Crippen molar-refractivity contribution in [1.82, 2.24) is 5.32 Å². The summed E-state index contributed by atoms with van der Waals surface area (Å²) in [6.07, 6.45) is 5.39. The maximum Gasteiger partial charge on any atom is 0.0478 e. The van der Waals surface area contributed by atoms with Crippen molar-refractivity contribution < 1.29 is 4.74 Å². The van der Waals surface area contributed by atoms with Crippen LogP contribution in [0.1, 0.15) is 33.1 Å². The largest absolute Gasteiger partial charge is 0.381 e. The van der Waals surface area contributed by atoms with E-state index < -0.39 is 0 Å². The minimum absolute atomic E-state index is 0.413. The Kier molecular flexibility index (Phi) is 9.49. The maximum absolute atomic E-state index is 5.42. The minimum atomic E-state index is 0.413. The van der Waals surface area contributed by atoms with Gasteiger partial charge in [0.2, 0.25) is 0 Å². The van der Waals surface area contributed by atoms with Gasteiger partial charge in [0.15, 0.2) is 0 Å². The average Bonchev–Trinajstić information content (AvgIpc) is 2.16. The molecule has 2 heteroatoms. The number of nitrogens with one attached hydrogen (secondary N) is 1. The highest BCUT2D eigenvalue weighted by Gasteiger charge is 1.93. The molecule has 2 nitrogen and oxygen atoms in total. The third kappa shape index (κ3) is 9.57. The Hall–Kier alpha value is -0.340. The smallest absolute Gasteiger partial charge is 0.0478 e.